The average Bonchev–Trinajstić information content (AvgIpc) is 2.74. The summed E-state index contributed by atoms with van der Waals surface area (Å²) >= 11 is 1.08. The summed E-state index contributed by atoms with van der Waals surface area (Å²) in [4.78, 5) is 12.3. The minimum atomic E-state index is -4.06. The highest BCUT2D eigenvalue weighted by Gasteiger charge is 2.41. The van der Waals surface area contributed by atoms with Gasteiger partial charge >= 0.3 is 5.97 Å². The number of rotatable bonds is 9. The molecule has 0 heterocycles. The standard InChI is InChI=1S/C22H20O6S2/c23-21(24)22(25,15-29-19-9-5-2-6-10-19)16-30(26,27)20-13-11-18(12-14-20)28-17-7-3-1-4-8-17/h1-14,25H,15-16H2,(H,23,24). The van der Waals surface area contributed by atoms with Gasteiger partial charge in [0.1, 0.15) is 11.5 Å². The van der Waals surface area contributed by atoms with Crippen LogP contribution in [0.1, 0.15) is 0 Å². The third-order valence-electron chi connectivity index (χ3n) is 4.21. The molecule has 0 radical (unpaired) electrons. The molecular formula is C22H20O6S2. The van der Waals surface area contributed by atoms with Gasteiger partial charge in [-0.1, -0.05) is 36.4 Å². The van der Waals surface area contributed by atoms with Crippen molar-refractivity contribution < 1.29 is 28.2 Å². The number of carboxylic acids is 1. The van der Waals surface area contributed by atoms with E-state index in [0.29, 0.717) is 11.5 Å². The Morgan fingerprint density at radius 2 is 1.40 bits per heavy atom. The molecule has 0 aliphatic rings. The van der Waals surface area contributed by atoms with Crippen LogP contribution in [0.5, 0.6) is 11.5 Å². The summed E-state index contributed by atoms with van der Waals surface area (Å²) in [6.45, 7) is 0. The minimum Gasteiger partial charge on any atom is -0.479 e. The van der Waals surface area contributed by atoms with E-state index in [4.69, 9.17) is 4.74 Å². The van der Waals surface area contributed by atoms with Crippen molar-refractivity contribution in [2.45, 2.75) is 15.4 Å². The smallest absolute Gasteiger partial charge is 0.337 e. The quantitative estimate of drug-likeness (QED) is 0.483. The van der Waals surface area contributed by atoms with E-state index in [2.05, 4.69) is 0 Å². The number of sulfone groups is 1. The first-order valence-electron chi connectivity index (χ1n) is 8.98. The largest absolute Gasteiger partial charge is 0.479 e. The maximum atomic E-state index is 12.8. The van der Waals surface area contributed by atoms with Gasteiger partial charge in [0.25, 0.3) is 0 Å². The highest BCUT2D eigenvalue weighted by Crippen LogP contribution is 2.27. The molecule has 0 saturated carbocycles. The van der Waals surface area contributed by atoms with Crippen molar-refractivity contribution in [1.29, 1.82) is 0 Å². The van der Waals surface area contributed by atoms with Crippen molar-refractivity contribution in [3.8, 4) is 11.5 Å². The summed E-state index contributed by atoms with van der Waals surface area (Å²) in [6, 6.07) is 23.5. The molecule has 0 aromatic heterocycles. The predicted octanol–water partition coefficient (Wildman–Crippen LogP) is 3.86. The van der Waals surface area contributed by atoms with Gasteiger partial charge in [-0.05, 0) is 48.5 Å². The molecule has 3 aromatic carbocycles. The van der Waals surface area contributed by atoms with Crippen LogP contribution in [-0.2, 0) is 14.6 Å². The molecule has 0 aliphatic carbocycles. The van der Waals surface area contributed by atoms with Gasteiger partial charge < -0.3 is 14.9 Å². The molecule has 2 N–H and O–H groups in total. The monoisotopic (exact) mass is 444 g/mol. The molecule has 3 rings (SSSR count). The van der Waals surface area contributed by atoms with E-state index < -0.39 is 27.2 Å². The van der Waals surface area contributed by atoms with Crippen molar-refractivity contribution >= 4 is 27.6 Å². The van der Waals surface area contributed by atoms with Crippen molar-refractivity contribution in [1.82, 2.24) is 0 Å². The number of aliphatic carboxylic acids is 1. The third-order valence-corrected chi connectivity index (χ3v) is 7.28. The molecule has 0 bridgehead atoms. The Morgan fingerprint density at radius 1 is 0.867 bits per heavy atom. The summed E-state index contributed by atoms with van der Waals surface area (Å²) in [5, 5.41) is 20.1. The zero-order valence-corrected chi connectivity index (χ0v) is 17.5. The van der Waals surface area contributed by atoms with Gasteiger partial charge in [0.2, 0.25) is 0 Å². The van der Waals surface area contributed by atoms with Gasteiger partial charge in [-0.25, -0.2) is 13.2 Å². The fourth-order valence-corrected chi connectivity index (χ4v) is 5.30. The van der Waals surface area contributed by atoms with Crippen LogP contribution in [0.2, 0.25) is 0 Å². The zero-order chi connectivity index (χ0) is 21.6. The highest BCUT2D eigenvalue weighted by atomic mass is 32.2. The molecule has 6 nitrogen and oxygen atoms in total. The second-order valence-corrected chi connectivity index (χ2v) is 9.62. The van der Waals surface area contributed by atoms with Gasteiger partial charge in [0, 0.05) is 10.6 Å². The molecular weight excluding hydrogens is 424 g/mol. The van der Waals surface area contributed by atoms with Crippen LogP contribution in [-0.4, -0.2) is 41.7 Å². The summed E-state index contributed by atoms with van der Waals surface area (Å²) in [6.07, 6.45) is 0. The van der Waals surface area contributed by atoms with E-state index in [0.717, 1.165) is 16.7 Å². The lowest BCUT2D eigenvalue weighted by molar-refractivity contribution is -0.153. The van der Waals surface area contributed by atoms with Crippen molar-refractivity contribution in [2.24, 2.45) is 0 Å². The summed E-state index contributed by atoms with van der Waals surface area (Å²) in [5.41, 5.74) is -2.43. The van der Waals surface area contributed by atoms with Gasteiger partial charge in [-0.2, -0.15) is 0 Å². The van der Waals surface area contributed by atoms with E-state index in [-0.39, 0.29) is 10.6 Å². The number of benzene rings is 3. The lowest BCUT2D eigenvalue weighted by Gasteiger charge is -2.23. The van der Waals surface area contributed by atoms with Crippen LogP contribution in [0.4, 0.5) is 0 Å². The Balaban J connectivity index is 1.73. The summed E-state index contributed by atoms with van der Waals surface area (Å²) < 4.78 is 31.2. The minimum absolute atomic E-state index is 0.0905. The molecule has 0 aliphatic heterocycles. The maximum Gasteiger partial charge on any atom is 0.337 e. The van der Waals surface area contributed by atoms with Crippen LogP contribution in [0.3, 0.4) is 0 Å². The van der Waals surface area contributed by atoms with Gasteiger partial charge in [0.05, 0.1) is 10.6 Å². The van der Waals surface area contributed by atoms with Crippen LogP contribution in [0.25, 0.3) is 0 Å². The number of hydrogen-bond donors (Lipinski definition) is 2. The normalized spacial score (nSPS) is 13.4. The number of carbonyl (C=O) groups is 1. The van der Waals surface area contributed by atoms with E-state index >= 15 is 0 Å². The van der Waals surface area contributed by atoms with Crippen LogP contribution >= 0.6 is 11.8 Å². The first-order chi connectivity index (χ1) is 14.3. The SMILES string of the molecule is O=C(O)C(O)(CSc1ccccc1)CS(=O)(=O)c1ccc(Oc2ccccc2)cc1. The van der Waals surface area contributed by atoms with Crippen molar-refractivity contribution in [3.63, 3.8) is 0 Å². The lowest BCUT2D eigenvalue weighted by Crippen LogP contribution is -2.47. The Bertz CT molecular complexity index is 1080. The zero-order valence-electron chi connectivity index (χ0n) is 15.8. The molecule has 1 atom stereocenters. The topological polar surface area (TPSA) is 101 Å². The molecule has 8 heteroatoms. The predicted molar refractivity (Wildman–Crippen MR) is 115 cm³/mol. The van der Waals surface area contributed by atoms with Crippen LogP contribution < -0.4 is 4.74 Å². The Morgan fingerprint density at radius 3 is 1.97 bits per heavy atom. The number of hydrogen-bond acceptors (Lipinski definition) is 6. The molecule has 156 valence electrons. The van der Waals surface area contributed by atoms with Crippen LogP contribution in [0.15, 0.2) is 94.7 Å². The Hall–Kier alpha value is -2.81. The lowest BCUT2D eigenvalue weighted by atomic mass is 10.1. The maximum absolute atomic E-state index is 12.8. The molecule has 0 fully saturated rings. The highest BCUT2D eigenvalue weighted by molar-refractivity contribution is 7.99. The molecule has 30 heavy (non-hydrogen) atoms. The third kappa shape index (κ3) is 5.63. The number of ether oxygens (including phenoxy) is 1. The van der Waals surface area contributed by atoms with Crippen molar-refractivity contribution in [3.05, 3.63) is 84.9 Å². The molecule has 0 saturated heterocycles. The molecule has 3 aromatic rings. The van der Waals surface area contributed by atoms with E-state index in [1.165, 1.54) is 24.3 Å². The summed E-state index contributed by atoms with van der Waals surface area (Å²) in [5.74, 6) is -1.78. The first-order valence-corrected chi connectivity index (χ1v) is 11.6. The number of para-hydroxylation sites is 1. The van der Waals surface area contributed by atoms with Gasteiger partial charge in [-0.3, -0.25) is 0 Å². The number of aliphatic hydroxyl groups is 1. The fourth-order valence-electron chi connectivity index (χ4n) is 2.62. The van der Waals surface area contributed by atoms with E-state index in [1.54, 1.807) is 36.4 Å². The Labute approximate surface area is 179 Å². The fraction of sp³-hybridized carbons (Fsp3) is 0.136. The second-order valence-electron chi connectivity index (χ2n) is 6.58. The van der Waals surface area contributed by atoms with Gasteiger partial charge in [0.15, 0.2) is 15.4 Å². The van der Waals surface area contributed by atoms with Crippen molar-refractivity contribution in [2.75, 3.05) is 11.5 Å². The van der Waals surface area contributed by atoms with Gasteiger partial charge in [-0.15, -0.1) is 11.8 Å². The molecule has 0 amide bonds. The van der Waals surface area contributed by atoms with Crippen LogP contribution in [0, 0.1) is 0 Å². The van der Waals surface area contributed by atoms with E-state index in [9.17, 15) is 23.4 Å². The first kappa shape index (κ1) is 21.9. The second kappa shape index (κ2) is 9.34. The molecule has 0 spiro atoms. The molecule has 1 unspecified atom stereocenters. The summed E-state index contributed by atoms with van der Waals surface area (Å²) in [7, 11) is -4.06. The Kier molecular flexibility index (Phi) is 6.81. The van der Waals surface area contributed by atoms with E-state index in [1.807, 2.05) is 24.3 Å². The number of thioether (sulfide) groups is 1. The number of carboxylic acid groups (broad SMARTS) is 1. The average molecular weight is 445 g/mol.